The maximum Gasteiger partial charge on any atom is 0.172 e. The lowest BCUT2D eigenvalue weighted by Gasteiger charge is -2.47. The molecule has 0 radical (unpaired) electrons. The zero-order valence-electron chi connectivity index (χ0n) is 19.9. The Morgan fingerprint density at radius 3 is 2.74 bits per heavy atom. The van der Waals surface area contributed by atoms with Crippen molar-refractivity contribution in [2.75, 3.05) is 19.8 Å². The van der Waals surface area contributed by atoms with Crippen molar-refractivity contribution in [1.82, 2.24) is 0 Å². The van der Waals surface area contributed by atoms with E-state index in [4.69, 9.17) is 28.4 Å². The Morgan fingerprint density at radius 1 is 1.03 bits per heavy atom. The van der Waals surface area contributed by atoms with Gasteiger partial charge in [0.25, 0.3) is 0 Å². The van der Waals surface area contributed by atoms with Crippen LogP contribution in [0.15, 0.2) is 12.2 Å². The molecule has 0 aromatic rings. The summed E-state index contributed by atoms with van der Waals surface area (Å²) in [6.45, 7) is 6.11. The molecule has 6 fully saturated rings. The molecule has 8 nitrogen and oxygen atoms in total. The molecule has 4 bridgehead atoms. The Kier molecular flexibility index (Phi) is 6.60. The van der Waals surface area contributed by atoms with Crippen LogP contribution in [-0.2, 0) is 33.2 Å². The highest BCUT2D eigenvalue weighted by Gasteiger charge is 2.59. The summed E-state index contributed by atoms with van der Waals surface area (Å²) < 4.78 is 37.2. The van der Waals surface area contributed by atoms with Gasteiger partial charge in [-0.15, -0.1) is 0 Å². The Morgan fingerprint density at radius 2 is 1.94 bits per heavy atom. The van der Waals surface area contributed by atoms with Gasteiger partial charge in [0.1, 0.15) is 18.0 Å². The lowest BCUT2D eigenvalue weighted by molar-refractivity contribution is -0.277. The van der Waals surface area contributed by atoms with Crippen LogP contribution in [0.2, 0.25) is 0 Å². The summed E-state index contributed by atoms with van der Waals surface area (Å²) in [6, 6.07) is 0. The highest BCUT2D eigenvalue weighted by molar-refractivity contribution is 5.79. The summed E-state index contributed by atoms with van der Waals surface area (Å²) in [5.41, 5.74) is 1.12. The van der Waals surface area contributed by atoms with Crippen LogP contribution >= 0.6 is 0 Å². The molecule has 2 unspecified atom stereocenters. The van der Waals surface area contributed by atoms with Gasteiger partial charge in [-0.05, 0) is 43.6 Å². The zero-order chi connectivity index (χ0) is 23.3. The topological polar surface area (TPSA) is 92.7 Å². The van der Waals surface area contributed by atoms with Crippen LogP contribution in [0.25, 0.3) is 0 Å². The molecular formula is C26H38O8. The fraction of sp³-hybridized carbons (Fsp3) is 0.885. The second kappa shape index (κ2) is 9.54. The van der Waals surface area contributed by atoms with Crippen LogP contribution in [0.3, 0.4) is 0 Å². The number of ether oxygens (including phenoxy) is 6. The van der Waals surface area contributed by atoms with Gasteiger partial charge < -0.3 is 33.5 Å². The van der Waals surface area contributed by atoms with E-state index in [1.165, 1.54) is 0 Å². The minimum absolute atomic E-state index is 0.0907. The second-order valence-electron chi connectivity index (χ2n) is 11.3. The molecule has 6 rings (SSSR count). The summed E-state index contributed by atoms with van der Waals surface area (Å²) in [5.74, 6) is -0.229. The fourth-order valence-corrected chi connectivity index (χ4v) is 6.84. The molecule has 190 valence electrons. The van der Waals surface area contributed by atoms with Crippen molar-refractivity contribution in [3.63, 3.8) is 0 Å². The van der Waals surface area contributed by atoms with Crippen molar-refractivity contribution >= 4 is 5.78 Å². The van der Waals surface area contributed by atoms with Gasteiger partial charge in [-0.2, -0.15) is 0 Å². The highest BCUT2D eigenvalue weighted by Crippen LogP contribution is 2.48. The summed E-state index contributed by atoms with van der Waals surface area (Å²) in [5, 5.41) is 10.8. The molecule has 6 saturated heterocycles. The third-order valence-electron chi connectivity index (χ3n) is 8.54. The van der Waals surface area contributed by atoms with Crippen LogP contribution in [-0.4, -0.2) is 85.3 Å². The Bertz CT molecular complexity index is 781. The number of Topliss-reactive ketones (excluding diaryl/α,β-unsaturated/α-hetero) is 1. The first-order valence-corrected chi connectivity index (χ1v) is 13.2. The second-order valence-corrected chi connectivity index (χ2v) is 11.3. The number of ketones is 1. The van der Waals surface area contributed by atoms with E-state index >= 15 is 0 Å². The van der Waals surface area contributed by atoms with E-state index in [0.29, 0.717) is 51.2 Å². The first kappa shape index (κ1) is 23.5. The number of aliphatic hydroxyl groups is 1. The first-order chi connectivity index (χ1) is 16.5. The van der Waals surface area contributed by atoms with Crippen LogP contribution in [0.5, 0.6) is 0 Å². The van der Waals surface area contributed by atoms with Gasteiger partial charge >= 0.3 is 0 Å². The number of carbonyl (C=O) groups excluding carboxylic acids is 1. The van der Waals surface area contributed by atoms with Gasteiger partial charge in [0.15, 0.2) is 5.79 Å². The van der Waals surface area contributed by atoms with E-state index in [1.807, 2.05) is 0 Å². The lowest BCUT2D eigenvalue weighted by atomic mass is 9.86. The molecule has 0 aromatic carbocycles. The van der Waals surface area contributed by atoms with E-state index in [-0.39, 0.29) is 48.5 Å². The van der Waals surface area contributed by atoms with Gasteiger partial charge in [-0.25, -0.2) is 0 Å². The number of hydrogen-bond donors (Lipinski definition) is 1. The number of rotatable bonds is 7. The third-order valence-corrected chi connectivity index (χ3v) is 8.54. The average Bonchev–Trinajstić information content (AvgIpc) is 3.52. The summed E-state index contributed by atoms with van der Waals surface area (Å²) in [4.78, 5) is 12.7. The molecule has 10 atom stereocenters. The van der Waals surface area contributed by atoms with Crippen molar-refractivity contribution in [3.05, 3.63) is 12.2 Å². The van der Waals surface area contributed by atoms with Crippen LogP contribution in [0, 0.1) is 5.92 Å². The number of aliphatic hydroxyl groups excluding tert-OH is 1. The molecule has 0 amide bonds. The third kappa shape index (κ3) is 4.75. The van der Waals surface area contributed by atoms with Crippen LogP contribution in [0.1, 0.15) is 64.2 Å². The van der Waals surface area contributed by atoms with Crippen molar-refractivity contribution in [1.29, 1.82) is 0 Å². The minimum Gasteiger partial charge on any atom is -0.390 e. The van der Waals surface area contributed by atoms with Gasteiger partial charge in [0.2, 0.25) is 0 Å². The summed E-state index contributed by atoms with van der Waals surface area (Å²) in [6.07, 6.45) is 5.43. The van der Waals surface area contributed by atoms with Crippen molar-refractivity contribution < 1.29 is 38.3 Å². The normalized spacial score (nSPS) is 48.0. The number of fused-ring (bicyclic) bond motifs is 7. The maximum absolute atomic E-state index is 12.7. The number of hydrogen-bond acceptors (Lipinski definition) is 8. The predicted octanol–water partition coefficient (Wildman–Crippen LogP) is 2.45. The predicted molar refractivity (Wildman–Crippen MR) is 120 cm³/mol. The minimum atomic E-state index is -0.844. The highest BCUT2D eigenvalue weighted by atomic mass is 16.7. The molecule has 8 heteroatoms. The monoisotopic (exact) mass is 478 g/mol. The maximum atomic E-state index is 12.7. The fourth-order valence-electron chi connectivity index (χ4n) is 6.84. The smallest absolute Gasteiger partial charge is 0.172 e. The lowest BCUT2D eigenvalue weighted by Crippen LogP contribution is -2.58. The van der Waals surface area contributed by atoms with Crippen molar-refractivity contribution in [2.45, 2.75) is 119 Å². The molecule has 34 heavy (non-hydrogen) atoms. The van der Waals surface area contributed by atoms with E-state index in [9.17, 15) is 9.90 Å². The van der Waals surface area contributed by atoms with Gasteiger partial charge in [-0.1, -0.05) is 6.58 Å². The Hall–Kier alpha value is -0.870. The van der Waals surface area contributed by atoms with E-state index in [0.717, 1.165) is 44.3 Å². The Balaban J connectivity index is 1.11. The molecule has 0 spiro atoms. The van der Waals surface area contributed by atoms with Gasteiger partial charge in [0, 0.05) is 45.3 Å². The van der Waals surface area contributed by atoms with E-state index in [2.05, 4.69) is 6.58 Å². The quantitative estimate of drug-likeness (QED) is 0.558. The van der Waals surface area contributed by atoms with E-state index in [1.54, 1.807) is 0 Å². The van der Waals surface area contributed by atoms with Crippen LogP contribution in [0.4, 0.5) is 0 Å². The zero-order valence-corrected chi connectivity index (χ0v) is 19.9. The number of carbonyl (C=O) groups is 1. The summed E-state index contributed by atoms with van der Waals surface area (Å²) >= 11 is 0. The van der Waals surface area contributed by atoms with Crippen LogP contribution < -0.4 is 0 Å². The molecule has 0 saturated carbocycles. The molecule has 1 N–H and O–H groups in total. The van der Waals surface area contributed by atoms with Gasteiger partial charge in [-0.3, -0.25) is 4.79 Å². The molecule has 6 aliphatic rings. The molecule has 6 heterocycles. The molecule has 0 aliphatic carbocycles. The standard InChI is InChI=1S/C26H38O8/c1-15-8-18(30-13-15)4-6-26-12-20(28)24(34-26)22-11-23(33-26)25-21(32-22)3-2-19(31-25)10-17(27)9-16-5-7-29-14-16/h16,18-25,28H,1-14H2/t16-,18-,19+,20?,21?,22+,23+,24-,25-,26+/m0/s1. The first-order valence-electron chi connectivity index (χ1n) is 13.2. The summed E-state index contributed by atoms with van der Waals surface area (Å²) in [7, 11) is 0. The van der Waals surface area contributed by atoms with Crippen molar-refractivity contribution in [3.8, 4) is 0 Å². The largest absolute Gasteiger partial charge is 0.390 e. The van der Waals surface area contributed by atoms with Crippen molar-refractivity contribution in [2.24, 2.45) is 5.92 Å². The molecular weight excluding hydrogens is 440 g/mol. The molecule has 6 aliphatic heterocycles. The molecule has 0 aromatic heterocycles. The van der Waals surface area contributed by atoms with Gasteiger partial charge in [0.05, 0.1) is 43.2 Å². The average molecular weight is 479 g/mol. The SMILES string of the molecule is C=C1CO[C@@H](CC[C@]23CC(O)[C@H](O2)[C@H]2C[C@@H](O3)[C@H]3O[C@@H](CC(=O)C[C@@H]4CCOC4)CCC3O2)C1. The van der Waals surface area contributed by atoms with E-state index < -0.39 is 11.9 Å². The Labute approximate surface area is 201 Å².